The summed E-state index contributed by atoms with van der Waals surface area (Å²) in [5.74, 6) is -1.08. The van der Waals surface area contributed by atoms with E-state index >= 15 is 0 Å². The minimum absolute atomic E-state index is 0.136. The number of halogens is 4. The van der Waals surface area contributed by atoms with Crippen molar-refractivity contribution in [1.82, 2.24) is 9.80 Å². The van der Waals surface area contributed by atoms with Gasteiger partial charge in [0.2, 0.25) is 11.8 Å². The second-order valence-electron chi connectivity index (χ2n) is 7.38. The lowest BCUT2D eigenvalue weighted by Gasteiger charge is -2.39. The predicted molar refractivity (Wildman–Crippen MR) is 90.0 cm³/mol. The number of benzene rings is 1. The number of hydrogen-bond acceptors (Lipinski definition) is 2. The Morgan fingerprint density at radius 1 is 1.15 bits per heavy atom. The molecule has 3 rings (SSSR count). The van der Waals surface area contributed by atoms with Gasteiger partial charge in [-0.05, 0) is 25.3 Å². The molecule has 1 aromatic carbocycles. The van der Waals surface area contributed by atoms with Crippen molar-refractivity contribution in [3.8, 4) is 0 Å². The third-order valence-corrected chi connectivity index (χ3v) is 5.47. The molecule has 2 amide bonds. The quantitative estimate of drug-likeness (QED) is 0.743. The molecule has 0 aliphatic carbocycles. The van der Waals surface area contributed by atoms with Gasteiger partial charge in [-0.3, -0.25) is 9.59 Å². The highest BCUT2D eigenvalue weighted by molar-refractivity contribution is 5.86. The Labute approximate surface area is 155 Å². The average Bonchev–Trinajstić information content (AvgIpc) is 3.03. The van der Waals surface area contributed by atoms with Crippen LogP contribution in [0.3, 0.4) is 0 Å². The minimum atomic E-state index is -4.37. The molecular formula is C19H22F4N2O2. The zero-order valence-corrected chi connectivity index (χ0v) is 14.9. The van der Waals surface area contributed by atoms with Crippen LogP contribution in [0.2, 0.25) is 0 Å². The monoisotopic (exact) mass is 386 g/mol. The SMILES string of the molecule is O=C(CCC(F)(F)F)N1CC[C@]2(CCCN(Cc3ccccc3F)C2=O)C1. The van der Waals surface area contributed by atoms with Gasteiger partial charge in [-0.1, -0.05) is 18.2 Å². The molecule has 27 heavy (non-hydrogen) atoms. The zero-order valence-electron chi connectivity index (χ0n) is 14.9. The van der Waals surface area contributed by atoms with Crippen LogP contribution in [0, 0.1) is 11.2 Å². The van der Waals surface area contributed by atoms with Gasteiger partial charge in [-0.25, -0.2) is 4.39 Å². The van der Waals surface area contributed by atoms with Gasteiger partial charge in [-0.15, -0.1) is 0 Å². The second-order valence-corrected chi connectivity index (χ2v) is 7.38. The van der Waals surface area contributed by atoms with Crippen molar-refractivity contribution < 1.29 is 27.2 Å². The molecular weight excluding hydrogens is 364 g/mol. The summed E-state index contributed by atoms with van der Waals surface area (Å²) in [6.07, 6.45) is -4.34. The van der Waals surface area contributed by atoms with Crippen LogP contribution >= 0.6 is 0 Å². The number of likely N-dealkylation sites (tertiary alicyclic amines) is 2. The van der Waals surface area contributed by atoms with Gasteiger partial charge < -0.3 is 9.80 Å². The lowest BCUT2D eigenvalue weighted by atomic mass is 9.78. The van der Waals surface area contributed by atoms with Crippen LogP contribution in [0.1, 0.15) is 37.7 Å². The van der Waals surface area contributed by atoms with E-state index in [1.807, 2.05) is 0 Å². The third-order valence-electron chi connectivity index (χ3n) is 5.47. The van der Waals surface area contributed by atoms with Gasteiger partial charge in [0.15, 0.2) is 0 Å². The maximum Gasteiger partial charge on any atom is 0.389 e. The summed E-state index contributed by atoms with van der Waals surface area (Å²) in [4.78, 5) is 28.1. The summed E-state index contributed by atoms with van der Waals surface area (Å²) in [5.41, 5.74) is -0.323. The Kier molecular flexibility index (Phi) is 5.44. The van der Waals surface area contributed by atoms with Crippen molar-refractivity contribution in [3.05, 3.63) is 35.6 Å². The van der Waals surface area contributed by atoms with Crippen LogP contribution in [0.4, 0.5) is 17.6 Å². The Morgan fingerprint density at radius 3 is 2.59 bits per heavy atom. The van der Waals surface area contributed by atoms with Crippen molar-refractivity contribution in [1.29, 1.82) is 0 Å². The first kappa shape index (κ1) is 19.6. The summed E-state index contributed by atoms with van der Waals surface area (Å²) in [6.45, 7) is 1.11. The van der Waals surface area contributed by atoms with Crippen molar-refractivity contribution in [3.63, 3.8) is 0 Å². The molecule has 0 saturated carbocycles. The molecule has 0 unspecified atom stereocenters. The molecule has 0 N–H and O–H groups in total. The summed E-state index contributed by atoms with van der Waals surface area (Å²) in [5, 5.41) is 0. The number of carbonyl (C=O) groups is 2. The standard InChI is InChI=1S/C19H22F4N2O2/c20-15-5-2-1-4-14(15)12-24-10-3-7-18(17(24)27)9-11-25(13-18)16(26)6-8-19(21,22)23/h1-2,4-5H,3,6-13H2/t18-/m1/s1. The summed E-state index contributed by atoms with van der Waals surface area (Å²) < 4.78 is 50.9. The Bertz CT molecular complexity index is 722. The van der Waals surface area contributed by atoms with E-state index in [2.05, 4.69) is 0 Å². The Hall–Kier alpha value is -2.12. The Morgan fingerprint density at radius 2 is 1.89 bits per heavy atom. The minimum Gasteiger partial charge on any atom is -0.342 e. The average molecular weight is 386 g/mol. The van der Waals surface area contributed by atoms with Gasteiger partial charge in [0, 0.05) is 38.2 Å². The molecule has 0 bridgehead atoms. The van der Waals surface area contributed by atoms with E-state index in [1.165, 1.54) is 11.0 Å². The lowest BCUT2D eigenvalue weighted by Crippen LogP contribution is -2.50. The molecule has 2 aliphatic rings. The number of piperidine rings is 1. The highest BCUT2D eigenvalue weighted by Gasteiger charge is 2.49. The van der Waals surface area contributed by atoms with Crippen molar-refractivity contribution in [2.45, 2.75) is 44.8 Å². The molecule has 1 spiro atoms. The number of amides is 2. The molecule has 2 saturated heterocycles. The topological polar surface area (TPSA) is 40.6 Å². The van der Waals surface area contributed by atoms with Crippen molar-refractivity contribution >= 4 is 11.8 Å². The van der Waals surface area contributed by atoms with Crippen LogP contribution in [0.5, 0.6) is 0 Å². The smallest absolute Gasteiger partial charge is 0.342 e. The van der Waals surface area contributed by atoms with Crippen LogP contribution < -0.4 is 0 Å². The van der Waals surface area contributed by atoms with E-state index in [1.54, 1.807) is 23.1 Å². The van der Waals surface area contributed by atoms with E-state index < -0.39 is 30.3 Å². The van der Waals surface area contributed by atoms with Gasteiger partial charge in [-0.2, -0.15) is 13.2 Å². The van der Waals surface area contributed by atoms with Crippen molar-refractivity contribution in [2.24, 2.45) is 5.41 Å². The lowest BCUT2D eigenvalue weighted by molar-refractivity contribution is -0.151. The molecule has 148 valence electrons. The maximum absolute atomic E-state index is 13.9. The van der Waals surface area contributed by atoms with E-state index in [-0.39, 0.29) is 31.4 Å². The summed E-state index contributed by atoms with van der Waals surface area (Å²) >= 11 is 0. The first-order valence-corrected chi connectivity index (χ1v) is 9.07. The fourth-order valence-corrected chi connectivity index (χ4v) is 4.01. The molecule has 1 atom stereocenters. The van der Waals surface area contributed by atoms with E-state index in [0.717, 1.165) is 6.42 Å². The van der Waals surface area contributed by atoms with Crippen LogP contribution in [-0.2, 0) is 16.1 Å². The van der Waals surface area contributed by atoms with Crippen LogP contribution in [-0.4, -0.2) is 47.4 Å². The number of nitrogens with zero attached hydrogens (tertiary/aromatic N) is 2. The van der Waals surface area contributed by atoms with E-state index in [4.69, 9.17) is 0 Å². The number of rotatable bonds is 4. The van der Waals surface area contributed by atoms with Crippen LogP contribution in [0.15, 0.2) is 24.3 Å². The number of alkyl halides is 3. The van der Waals surface area contributed by atoms with Crippen molar-refractivity contribution in [2.75, 3.05) is 19.6 Å². The van der Waals surface area contributed by atoms with E-state index in [9.17, 15) is 27.2 Å². The summed E-state index contributed by atoms with van der Waals surface area (Å²) in [6, 6.07) is 6.26. The number of hydrogen-bond donors (Lipinski definition) is 0. The Balaban J connectivity index is 1.65. The molecule has 2 fully saturated rings. The third kappa shape index (κ3) is 4.42. The normalized spacial score (nSPS) is 23.3. The van der Waals surface area contributed by atoms with Gasteiger partial charge in [0.25, 0.3) is 0 Å². The number of carbonyl (C=O) groups excluding carboxylic acids is 2. The zero-order chi connectivity index (χ0) is 19.7. The van der Waals surface area contributed by atoms with E-state index in [0.29, 0.717) is 24.9 Å². The maximum atomic E-state index is 13.9. The molecule has 8 heteroatoms. The molecule has 0 aromatic heterocycles. The van der Waals surface area contributed by atoms with Crippen LogP contribution in [0.25, 0.3) is 0 Å². The summed E-state index contributed by atoms with van der Waals surface area (Å²) in [7, 11) is 0. The fourth-order valence-electron chi connectivity index (χ4n) is 4.01. The molecule has 1 aromatic rings. The largest absolute Gasteiger partial charge is 0.389 e. The van der Waals surface area contributed by atoms with Gasteiger partial charge in [0.05, 0.1) is 11.8 Å². The first-order chi connectivity index (χ1) is 12.7. The van der Waals surface area contributed by atoms with Gasteiger partial charge >= 0.3 is 6.18 Å². The highest BCUT2D eigenvalue weighted by Crippen LogP contribution is 2.41. The molecule has 2 aliphatic heterocycles. The molecule has 2 heterocycles. The van der Waals surface area contributed by atoms with Gasteiger partial charge in [0.1, 0.15) is 5.82 Å². The fraction of sp³-hybridized carbons (Fsp3) is 0.579. The predicted octanol–water partition coefficient (Wildman–Crippen LogP) is 3.51. The first-order valence-electron chi connectivity index (χ1n) is 9.07. The highest BCUT2D eigenvalue weighted by atomic mass is 19.4. The molecule has 4 nitrogen and oxygen atoms in total. The second kappa shape index (κ2) is 7.48. The molecule has 0 radical (unpaired) electrons.